The van der Waals surface area contributed by atoms with Gasteiger partial charge in [0.25, 0.3) is 0 Å². The number of carbonyl (C=O) groups is 1. The van der Waals surface area contributed by atoms with Gasteiger partial charge in [-0.15, -0.1) is 11.3 Å². The highest BCUT2D eigenvalue weighted by Crippen LogP contribution is 2.36. The summed E-state index contributed by atoms with van der Waals surface area (Å²) in [5.41, 5.74) is 5.52. The fraction of sp³-hybridized carbons (Fsp3) is 0.692. The molecule has 5 heteroatoms. The molecular formula is C13H21N3OS. The van der Waals surface area contributed by atoms with E-state index in [1.165, 1.54) is 6.42 Å². The summed E-state index contributed by atoms with van der Waals surface area (Å²) in [7, 11) is 0. The van der Waals surface area contributed by atoms with E-state index in [2.05, 4.69) is 10.3 Å². The van der Waals surface area contributed by atoms with Crippen molar-refractivity contribution >= 4 is 17.2 Å². The zero-order chi connectivity index (χ0) is 13.0. The van der Waals surface area contributed by atoms with Crippen molar-refractivity contribution < 1.29 is 4.79 Å². The van der Waals surface area contributed by atoms with Crippen LogP contribution in [-0.4, -0.2) is 17.4 Å². The number of nitrogens with two attached hydrogens (primary N) is 1. The lowest BCUT2D eigenvalue weighted by molar-refractivity contribution is -0.133. The monoisotopic (exact) mass is 267 g/mol. The molecule has 4 nitrogen and oxygen atoms in total. The van der Waals surface area contributed by atoms with Gasteiger partial charge in [0.1, 0.15) is 5.01 Å². The fourth-order valence-corrected chi connectivity index (χ4v) is 3.26. The minimum atomic E-state index is -0.343. The molecule has 0 radical (unpaired) electrons. The number of hydrogen-bond donors (Lipinski definition) is 2. The van der Waals surface area contributed by atoms with Gasteiger partial charge in [0.2, 0.25) is 5.91 Å². The summed E-state index contributed by atoms with van der Waals surface area (Å²) in [5.74, 6) is 0.104. The van der Waals surface area contributed by atoms with Crippen LogP contribution in [0.3, 0.4) is 0 Å². The molecule has 1 heterocycles. The maximum atomic E-state index is 12.4. The van der Waals surface area contributed by atoms with Crippen LogP contribution in [0.2, 0.25) is 0 Å². The molecule has 0 aromatic carbocycles. The zero-order valence-corrected chi connectivity index (χ0v) is 11.6. The standard InChI is InChI=1S/C13H21N3OS/c1-10(11-15-7-8-18-11)16-12(17)13(9-14)5-3-2-4-6-13/h7-8,10H,2-6,9,14H2,1H3,(H,16,17). The van der Waals surface area contributed by atoms with E-state index in [1.54, 1.807) is 17.5 Å². The Morgan fingerprint density at radius 3 is 2.83 bits per heavy atom. The van der Waals surface area contributed by atoms with Crippen molar-refractivity contribution in [3.63, 3.8) is 0 Å². The van der Waals surface area contributed by atoms with Crippen LogP contribution >= 0.6 is 11.3 Å². The van der Waals surface area contributed by atoms with Gasteiger partial charge >= 0.3 is 0 Å². The highest BCUT2D eigenvalue weighted by molar-refractivity contribution is 7.09. The normalized spacial score (nSPS) is 20.3. The smallest absolute Gasteiger partial charge is 0.228 e. The molecular weight excluding hydrogens is 246 g/mol. The van der Waals surface area contributed by atoms with Gasteiger partial charge in [0.15, 0.2) is 0 Å². The zero-order valence-electron chi connectivity index (χ0n) is 10.8. The van der Waals surface area contributed by atoms with Crippen molar-refractivity contribution in [3.05, 3.63) is 16.6 Å². The Bertz CT molecular complexity index is 385. The Hall–Kier alpha value is -0.940. The Morgan fingerprint density at radius 2 is 2.28 bits per heavy atom. The third kappa shape index (κ3) is 2.72. The predicted molar refractivity (Wildman–Crippen MR) is 73.2 cm³/mol. The Labute approximate surface area is 112 Å². The van der Waals surface area contributed by atoms with Crippen molar-refractivity contribution in [2.75, 3.05) is 6.54 Å². The maximum Gasteiger partial charge on any atom is 0.228 e. The van der Waals surface area contributed by atoms with Gasteiger partial charge in [0, 0.05) is 18.1 Å². The largest absolute Gasteiger partial charge is 0.347 e. The number of nitrogens with zero attached hydrogens (tertiary/aromatic N) is 1. The molecule has 2 rings (SSSR count). The summed E-state index contributed by atoms with van der Waals surface area (Å²) in [6.45, 7) is 2.42. The van der Waals surface area contributed by atoms with E-state index >= 15 is 0 Å². The second kappa shape index (κ2) is 5.80. The van der Waals surface area contributed by atoms with E-state index in [1.807, 2.05) is 12.3 Å². The van der Waals surface area contributed by atoms with E-state index in [-0.39, 0.29) is 17.4 Å². The minimum Gasteiger partial charge on any atom is -0.347 e. The van der Waals surface area contributed by atoms with Crippen molar-refractivity contribution in [2.45, 2.75) is 45.1 Å². The molecule has 1 fully saturated rings. The molecule has 1 unspecified atom stereocenters. The first kappa shape index (κ1) is 13.5. The Balaban J connectivity index is 2.01. The van der Waals surface area contributed by atoms with Crippen LogP contribution in [0.15, 0.2) is 11.6 Å². The van der Waals surface area contributed by atoms with E-state index < -0.39 is 0 Å². The highest BCUT2D eigenvalue weighted by atomic mass is 32.1. The molecule has 1 atom stereocenters. The van der Waals surface area contributed by atoms with Crippen molar-refractivity contribution in [1.29, 1.82) is 0 Å². The Kier molecular flexibility index (Phi) is 4.35. The van der Waals surface area contributed by atoms with Gasteiger partial charge in [-0.2, -0.15) is 0 Å². The quantitative estimate of drug-likeness (QED) is 0.879. The first-order chi connectivity index (χ1) is 8.68. The molecule has 100 valence electrons. The number of nitrogens with one attached hydrogen (secondary N) is 1. The predicted octanol–water partition coefficient (Wildman–Crippen LogP) is 2.23. The van der Waals surface area contributed by atoms with Crippen LogP contribution in [0, 0.1) is 5.41 Å². The molecule has 1 aliphatic carbocycles. The molecule has 0 spiro atoms. The highest BCUT2D eigenvalue weighted by Gasteiger charge is 2.38. The maximum absolute atomic E-state index is 12.4. The number of thiazole rings is 1. The molecule has 1 aromatic rings. The summed E-state index contributed by atoms with van der Waals surface area (Å²) >= 11 is 1.57. The molecule has 1 aromatic heterocycles. The molecule has 1 saturated carbocycles. The summed E-state index contributed by atoms with van der Waals surface area (Å²) < 4.78 is 0. The molecule has 1 amide bonds. The minimum absolute atomic E-state index is 0.0251. The second-order valence-corrected chi connectivity index (χ2v) is 6.04. The van der Waals surface area contributed by atoms with Crippen molar-refractivity contribution in [3.8, 4) is 0 Å². The lowest BCUT2D eigenvalue weighted by atomic mass is 9.73. The summed E-state index contributed by atoms with van der Waals surface area (Å²) in [6.07, 6.45) is 7.03. The topological polar surface area (TPSA) is 68.0 Å². The van der Waals surface area contributed by atoms with Gasteiger partial charge in [-0.3, -0.25) is 4.79 Å². The first-order valence-electron chi connectivity index (χ1n) is 6.58. The van der Waals surface area contributed by atoms with Gasteiger partial charge in [0.05, 0.1) is 11.5 Å². The van der Waals surface area contributed by atoms with E-state index in [0.29, 0.717) is 6.54 Å². The molecule has 0 aliphatic heterocycles. The van der Waals surface area contributed by atoms with Gasteiger partial charge in [-0.1, -0.05) is 19.3 Å². The third-order valence-corrected chi connectivity index (χ3v) is 4.81. The van der Waals surface area contributed by atoms with Crippen molar-refractivity contribution in [2.24, 2.45) is 11.1 Å². The third-order valence-electron chi connectivity index (χ3n) is 3.85. The summed E-state index contributed by atoms with van der Waals surface area (Å²) in [5, 5.41) is 5.95. The van der Waals surface area contributed by atoms with E-state index in [9.17, 15) is 4.79 Å². The van der Waals surface area contributed by atoms with Gasteiger partial charge < -0.3 is 11.1 Å². The molecule has 0 bridgehead atoms. The molecule has 18 heavy (non-hydrogen) atoms. The lowest BCUT2D eigenvalue weighted by Gasteiger charge is -2.35. The van der Waals surface area contributed by atoms with Crippen LogP contribution in [0.1, 0.15) is 50.1 Å². The second-order valence-electron chi connectivity index (χ2n) is 5.11. The number of aromatic nitrogens is 1. The molecule has 0 saturated heterocycles. The number of carbonyl (C=O) groups excluding carboxylic acids is 1. The number of hydrogen-bond acceptors (Lipinski definition) is 4. The average Bonchev–Trinajstić information content (AvgIpc) is 2.93. The lowest BCUT2D eigenvalue weighted by Crippen LogP contribution is -2.47. The average molecular weight is 267 g/mol. The SMILES string of the molecule is CC(NC(=O)C1(CN)CCCCC1)c1nccs1. The fourth-order valence-electron chi connectivity index (χ4n) is 2.61. The van der Waals surface area contributed by atoms with Gasteiger partial charge in [-0.05, 0) is 19.8 Å². The summed E-state index contributed by atoms with van der Waals surface area (Å²) in [4.78, 5) is 16.7. The van der Waals surface area contributed by atoms with Crippen LogP contribution in [0.5, 0.6) is 0 Å². The molecule has 3 N–H and O–H groups in total. The van der Waals surface area contributed by atoms with E-state index in [0.717, 1.165) is 30.7 Å². The Morgan fingerprint density at radius 1 is 1.56 bits per heavy atom. The van der Waals surface area contributed by atoms with Crippen LogP contribution in [0.25, 0.3) is 0 Å². The summed E-state index contributed by atoms with van der Waals surface area (Å²) in [6, 6.07) is -0.0251. The molecule has 1 aliphatic rings. The van der Waals surface area contributed by atoms with Crippen LogP contribution in [0.4, 0.5) is 0 Å². The first-order valence-corrected chi connectivity index (χ1v) is 7.46. The van der Waals surface area contributed by atoms with Crippen molar-refractivity contribution in [1.82, 2.24) is 10.3 Å². The van der Waals surface area contributed by atoms with Crippen LogP contribution < -0.4 is 11.1 Å². The van der Waals surface area contributed by atoms with Gasteiger partial charge in [-0.25, -0.2) is 4.98 Å². The van der Waals surface area contributed by atoms with Crippen LogP contribution in [-0.2, 0) is 4.79 Å². The number of rotatable bonds is 4. The van der Waals surface area contributed by atoms with E-state index in [4.69, 9.17) is 5.73 Å². The number of amides is 1.